The number of hydrogen-bond donors (Lipinski definition) is 5. The Labute approximate surface area is 181 Å². The molecule has 11 heteroatoms. The van der Waals surface area contributed by atoms with Crippen LogP contribution in [-0.4, -0.2) is 29.7 Å². The number of benzene rings is 2. The summed E-state index contributed by atoms with van der Waals surface area (Å²) < 4.78 is 26.4. The van der Waals surface area contributed by atoms with Crippen LogP contribution in [0.1, 0.15) is 10.6 Å². The van der Waals surface area contributed by atoms with E-state index in [-0.39, 0.29) is 22.0 Å². The molecule has 5 N–H and O–H groups in total. The molecule has 158 valence electrons. The highest BCUT2D eigenvalue weighted by atomic mass is 32.3. The number of amidine groups is 1. The van der Waals surface area contributed by atoms with Crippen LogP contribution in [0.5, 0.6) is 5.75 Å². The molecule has 1 aliphatic rings. The number of fused-ring (bicyclic) bond motifs is 2. The standard InChI is InChI=1S/C20H17N5O4S2/c26-18-12-5-1-3-7-14(12)25(22-11-16-21-9-10-30-16)20(27)17(18)19-23-13-6-2-4-8-15(13)31(28,29)24-19/h1-10,22,26,28-29H,11H2,(H,23,24). The van der Waals surface area contributed by atoms with Crippen LogP contribution in [0.25, 0.3) is 10.9 Å². The van der Waals surface area contributed by atoms with Crippen LogP contribution in [-0.2, 0) is 6.54 Å². The molecule has 5 rings (SSSR count). The van der Waals surface area contributed by atoms with Crippen LogP contribution in [0.3, 0.4) is 0 Å². The van der Waals surface area contributed by atoms with Gasteiger partial charge in [0, 0.05) is 17.0 Å². The number of thiazole rings is 1. The topological polar surface area (TPSA) is 132 Å². The molecular formula is C20H17N5O4S2. The van der Waals surface area contributed by atoms with Crippen LogP contribution in [0.15, 0.2) is 74.2 Å². The number of aromatic hydroxyl groups is 1. The highest BCUT2D eigenvalue weighted by Crippen LogP contribution is 2.55. The molecule has 0 saturated carbocycles. The SMILES string of the molecule is O=c1c(C2=NS(O)(O)c3ccccc3N2)c(O)c2ccccc2n1NCc1nccs1. The Morgan fingerprint density at radius 3 is 2.71 bits per heavy atom. The second-order valence-electron chi connectivity index (χ2n) is 6.72. The summed E-state index contributed by atoms with van der Waals surface area (Å²) in [5, 5.41) is 16.9. The van der Waals surface area contributed by atoms with Crippen molar-refractivity contribution in [2.45, 2.75) is 11.4 Å². The minimum Gasteiger partial charge on any atom is -0.506 e. The van der Waals surface area contributed by atoms with Crippen molar-refractivity contribution in [3.05, 3.63) is 81.0 Å². The molecular weight excluding hydrogens is 438 g/mol. The van der Waals surface area contributed by atoms with E-state index >= 15 is 0 Å². The molecule has 0 bridgehead atoms. The van der Waals surface area contributed by atoms with Crippen molar-refractivity contribution in [2.24, 2.45) is 4.40 Å². The highest BCUT2D eigenvalue weighted by molar-refractivity contribution is 8.23. The molecule has 1 aliphatic heterocycles. The molecule has 0 saturated heterocycles. The number of nitrogens with zero attached hydrogens (tertiary/aromatic N) is 3. The number of nitrogens with one attached hydrogen (secondary N) is 2. The second kappa shape index (κ2) is 7.39. The largest absolute Gasteiger partial charge is 0.506 e. The molecule has 0 atom stereocenters. The number of aromatic nitrogens is 2. The fourth-order valence-corrected chi connectivity index (χ4v) is 5.14. The molecule has 0 unspecified atom stereocenters. The normalized spacial score (nSPS) is 15.6. The molecule has 0 spiro atoms. The van der Waals surface area contributed by atoms with Crippen molar-refractivity contribution in [2.75, 3.05) is 10.7 Å². The summed E-state index contributed by atoms with van der Waals surface area (Å²) in [4.78, 5) is 17.9. The first-order chi connectivity index (χ1) is 15.0. The lowest BCUT2D eigenvalue weighted by atomic mass is 10.1. The smallest absolute Gasteiger partial charge is 0.284 e. The van der Waals surface area contributed by atoms with Crippen molar-refractivity contribution in [3.8, 4) is 5.75 Å². The molecule has 3 heterocycles. The Balaban J connectivity index is 1.69. The van der Waals surface area contributed by atoms with Gasteiger partial charge >= 0.3 is 0 Å². The van der Waals surface area contributed by atoms with Crippen molar-refractivity contribution >= 4 is 44.5 Å². The van der Waals surface area contributed by atoms with E-state index in [1.54, 1.807) is 54.7 Å². The maximum atomic E-state index is 13.4. The molecule has 31 heavy (non-hydrogen) atoms. The molecule has 2 aromatic heterocycles. The van der Waals surface area contributed by atoms with E-state index in [1.165, 1.54) is 16.0 Å². The molecule has 2 aromatic carbocycles. The fraction of sp³-hybridized carbons (Fsp3) is 0.0500. The Morgan fingerprint density at radius 2 is 1.90 bits per heavy atom. The summed E-state index contributed by atoms with van der Waals surface area (Å²) in [5.41, 5.74) is 3.16. The van der Waals surface area contributed by atoms with Gasteiger partial charge in [-0.2, -0.15) is 0 Å². The van der Waals surface area contributed by atoms with Gasteiger partial charge in [-0.1, -0.05) is 35.0 Å². The van der Waals surface area contributed by atoms with E-state index in [1.807, 2.05) is 5.38 Å². The number of rotatable bonds is 4. The van der Waals surface area contributed by atoms with Crippen LogP contribution in [0.2, 0.25) is 0 Å². The summed E-state index contributed by atoms with van der Waals surface area (Å²) in [5.74, 6) is -0.412. The van der Waals surface area contributed by atoms with E-state index in [9.17, 15) is 19.0 Å². The minimum absolute atomic E-state index is 0.114. The van der Waals surface area contributed by atoms with Gasteiger partial charge in [0.15, 0.2) is 5.84 Å². The van der Waals surface area contributed by atoms with Crippen LogP contribution in [0, 0.1) is 0 Å². The third-order valence-electron chi connectivity index (χ3n) is 4.82. The van der Waals surface area contributed by atoms with Gasteiger partial charge in [-0.05, 0) is 24.3 Å². The molecule has 0 fully saturated rings. The van der Waals surface area contributed by atoms with Gasteiger partial charge in [-0.15, -0.1) is 15.7 Å². The summed E-state index contributed by atoms with van der Waals surface area (Å²) in [7, 11) is -3.55. The van der Waals surface area contributed by atoms with Crippen molar-refractivity contribution in [1.82, 2.24) is 9.66 Å². The van der Waals surface area contributed by atoms with Gasteiger partial charge in [0.05, 0.1) is 17.7 Å². The zero-order valence-electron chi connectivity index (χ0n) is 15.9. The summed E-state index contributed by atoms with van der Waals surface area (Å²) in [6.45, 7) is 0.295. The molecule has 4 aromatic rings. The van der Waals surface area contributed by atoms with E-state index in [0.717, 1.165) is 5.01 Å². The van der Waals surface area contributed by atoms with Crippen LogP contribution < -0.4 is 16.3 Å². The Kier molecular flexibility index (Phi) is 4.67. The summed E-state index contributed by atoms with van der Waals surface area (Å²) in [6, 6.07) is 13.4. The van der Waals surface area contributed by atoms with Gasteiger partial charge in [0.25, 0.3) is 5.56 Å². The maximum Gasteiger partial charge on any atom is 0.284 e. The van der Waals surface area contributed by atoms with Crippen molar-refractivity contribution < 1.29 is 14.2 Å². The lowest BCUT2D eigenvalue weighted by molar-refractivity contribution is 0.478. The average Bonchev–Trinajstić information content (AvgIpc) is 3.27. The van der Waals surface area contributed by atoms with E-state index in [2.05, 4.69) is 20.1 Å². The van der Waals surface area contributed by atoms with E-state index in [4.69, 9.17) is 0 Å². The van der Waals surface area contributed by atoms with Crippen molar-refractivity contribution in [3.63, 3.8) is 0 Å². The molecule has 0 amide bonds. The third kappa shape index (κ3) is 3.33. The Bertz CT molecular complexity index is 1380. The lowest BCUT2D eigenvalue weighted by Crippen LogP contribution is -2.36. The quantitative estimate of drug-likeness (QED) is 0.316. The first-order valence-electron chi connectivity index (χ1n) is 9.19. The van der Waals surface area contributed by atoms with Crippen LogP contribution >= 0.6 is 22.1 Å². The summed E-state index contributed by atoms with van der Waals surface area (Å²) in [6.07, 6.45) is 1.67. The molecule has 0 radical (unpaired) electrons. The maximum absolute atomic E-state index is 13.4. The Hall–Kier alpha value is -3.38. The highest BCUT2D eigenvalue weighted by Gasteiger charge is 2.30. The number of para-hydroxylation sites is 2. The first-order valence-corrected chi connectivity index (χ1v) is 11.6. The molecule has 9 nitrogen and oxygen atoms in total. The van der Waals surface area contributed by atoms with E-state index in [0.29, 0.717) is 23.1 Å². The lowest BCUT2D eigenvalue weighted by Gasteiger charge is -2.34. The van der Waals surface area contributed by atoms with Gasteiger partial charge in [-0.3, -0.25) is 13.9 Å². The minimum atomic E-state index is -3.55. The Morgan fingerprint density at radius 1 is 1.13 bits per heavy atom. The van der Waals surface area contributed by atoms with Gasteiger partial charge in [0.2, 0.25) is 0 Å². The predicted molar refractivity (Wildman–Crippen MR) is 123 cm³/mol. The zero-order chi connectivity index (χ0) is 21.6. The first kappa shape index (κ1) is 19.6. The number of pyridine rings is 1. The third-order valence-corrected chi connectivity index (χ3v) is 6.98. The monoisotopic (exact) mass is 455 g/mol. The van der Waals surface area contributed by atoms with Gasteiger partial charge in [0.1, 0.15) is 21.2 Å². The van der Waals surface area contributed by atoms with Gasteiger partial charge in [-0.25, -0.2) is 9.66 Å². The van der Waals surface area contributed by atoms with Crippen LogP contribution in [0.4, 0.5) is 5.69 Å². The zero-order valence-corrected chi connectivity index (χ0v) is 17.5. The number of hydrogen-bond acceptors (Lipinski definition) is 9. The summed E-state index contributed by atoms with van der Waals surface area (Å²) >= 11 is 1.44. The molecule has 0 aliphatic carbocycles. The van der Waals surface area contributed by atoms with Crippen molar-refractivity contribution in [1.29, 1.82) is 0 Å². The van der Waals surface area contributed by atoms with E-state index < -0.39 is 16.3 Å². The van der Waals surface area contributed by atoms with Gasteiger partial charge < -0.3 is 15.8 Å². The number of anilines is 1. The second-order valence-corrected chi connectivity index (χ2v) is 9.36. The average molecular weight is 456 g/mol. The fourth-order valence-electron chi connectivity index (χ4n) is 3.43. The predicted octanol–water partition coefficient (Wildman–Crippen LogP) is 3.80.